The predicted octanol–water partition coefficient (Wildman–Crippen LogP) is 3.09. The first-order valence-electron chi connectivity index (χ1n) is 6.58. The fourth-order valence-corrected chi connectivity index (χ4v) is 1.90. The number of urea groups is 1. The predicted molar refractivity (Wildman–Crippen MR) is 75.3 cm³/mol. The summed E-state index contributed by atoms with van der Waals surface area (Å²) in [5.74, 6) is -0.383. The van der Waals surface area contributed by atoms with Gasteiger partial charge in [-0.05, 0) is 24.6 Å². The number of aryl methyl sites for hydroxylation is 1. The zero-order valence-corrected chi connectivity index (χ0v) is 11.8. The number of amides is 2. The van der Waals surface area contributed by atoms with Crippen LogP contribution in [-0.2, 0) is 6.42 Å². The number of rotatable bonds is 5. The minimum atomic E-state index is -2.67. The molecule has 1 aromatic carbocycles. The molecule has 0 fully saturated rings. The second-order valence-corrected chi connectivity index (χ2v) is 4.64. The molecule has 118 valence electrons. The van der Waals surface area contributed by atoms with Gasteiger partial charge in [0.1, 0.15) is 11.6 Å². The molecule has 1 heterocycles. The van der Waals surface area contributed by atoms with E-state index in [1.807, 2.05) is 0 Å². The topological polar surface area (TPSA) is 59.0 Å². The molecule has 0 aliphatic carbocycles. The number of alkyl halides is 2. The van der Waals surface area contributed by atoms with E-state index >= 15 is 0 Å². The van der Waals surface area contributed by atoms with Crippen molar-refractivity contribution in [2.24, 2.45) is 0 Å². The highest BCUT2D eigenvalue weighted by molar-refractivity contribution is 5.89. The van der Waals surface area contributed by atoms with Crippen LogP contribution in [0.2, 0.25) is 0 Å². The molecular formula is C14H15F3N4O. The number of anilines is 1. The molecule has 0 bridgehead atoms. The number of carbonyl (C=O) groups is 1. The summed E-state index contributed by atoms with van der Waals surface area (Å²) < 4.78 is 39.4. The lowest BCUT2D eigenvalue weighted by molar-refractivity contribution is 0.0670. The second kappa shape index (κ2) is 6.97. The first-order valence-corrected chi connectivity index (χ1v) is 6.58. The average Bonchev–Trinajstić information content (AvgIpc) is 2.91. The van der Waals surface area contributed by atoms with Gasteiger partial charge in [-0.15, -0.1) is 0 Å². The van der Waals surface area contributed by atoms with Gasteiger partial charge < -0.3 is 10.6 Å². The van der Waals surface area contributed by atoms with Crippen molar-refractivity contribution in [3.05, 3.63) is 47.8 Å². The van der Waals surface area contributed by atoms with Crippen LogP contribution in [-0.4, -0.2) is 22.1 Å². The first kappa shape index (κ1) is 15.9. The number of nitrogens with zero attached hydrogens (tertiary/aromatic N) is 2. The maximum absolute atomic E-state index is 13.5. The third kappa shape index (κ3) is 4.00. The summed E-state index contributed by atoms with van der Waals surface area (Å²) in [5, 5.41) is 4.84. The van der Waals surface area contributed by atoms with Crippen LogP contribution in [0.3, 0.4) is 0 Å². The smallest absolute Gasteiger partial charge is 0.319 e. The van der Waals surface area contributed by atoms with Crippen molar-refractivity contribution < 1.29 is 18.0 Å². The van der Waals surface area contributed by atoms with E-state index in [4.69, 9.17) is 0 Å². The van der Waals surface area contributed by atoms with E-state index in [0.29, 0.717) is 0 Å². The van der Waals surface area contributed by atoms with Crippen LogP contribution in [0.4, 0.5) is 23.7 Å². The molecule has 0 unspecified atom stereocenters. The first-order chi connectivity index (χ1) is 10.5. The second-order valence-electron chi connectivity index (χ2n) is 4.64. The summed E-state index contributed by atoms with van der Waals surface area (Å²) in [6.07, 6.45) is 2.58. The van der Waals surface area contributed by atoms with E-state index in [1.165, 1.54) is 24.5 Å². The number of carbonyl (C=O) groups excluding carboxylic acids is 1. The van der Waals surface area contributed by atoms with Gasteiger partial charge in [0.2, 0.25) is 0 Å². The Hall–Kier alpha value is -2.51. The molecule has 2 N–H and O–H groups in total. The van der Waals surface area contributed by atoms with Crippen LogP contribution < -0.4 is 10.6 Å². The largest absolute Gasteiger partial charge is 0.337 e. The molecule has 0 saturated carbocycles. The van der Waals surface area contributed by atoms with Gasteiger partial charge in [0.25, 0.3) is 0 Å². The van der Waals surface area contributed by atoms with Crippen molar-refractivity contribution in [1.29, 1.82) is 0 Å². The SMILES string of the molecule is Cc1ccc(F)c(NC(=O)NCCc2nccn2C(F)F)c1. The molecule has 0 radical (unpaired) electrons. The van der Waals surface area contributed by atoms with E-state index in [2.05, 4.69) is 15.6 Å². The number of hydrogen-bond acceptors (Lipinski definition) is 2. The summed E-state index contributed by atoms with van der Waals surface area (Å²) in [7, 11) is 0. The molecule has 22 heavy (non-hydrogen) atoms. The maximum atomic E-state index is 13.5. The molecule has 0 aliphatic heterocycles. The zero-order chi connectivity index (χ0) is 16.1. The Morgan fingerprint density at radius 1 is 1.41 bits per heavy atom. The van der Waals surface area contributed by atoms with Crippen LogP contribution in [0, 0.1) is 12.7 Å². The number of halogens is 3. The average molecular weight is 312 g/mol. The molecular weight excluding hydrogens is 297 g/mol. The minimum Gasteiger partial charge on any atom is -0.337 e. The van der Waals surface area contributed by atoms with Crippen molar-refractivity contribution in [2.45, 2.75) is 19.9 Å². The molecule has 0 aliphatic rings. The van der Waals surface area contributed by atoms with Crippen LogP contribution in [0.25, 0.3) is 0 Å². The number of benzene rings is 1. The Morgan fingerprint density at radius 2 is 2.18 bits per heavy atom. The van der Waals surface area contributed by atoms with Crippen LogP contribution in [0.5, 0.6) is 0 Å². The van der Waals surface area contributed by atoms with Crippen molar-refractivity contribution in [1.82, 2.24) is 14.9 Å². The Kier molecular flexibility index (Phi) is 5.03. The normalized spacial score (nSPS) is 10.8. The Balaban J connectivity index is 1.85. The molecule has 8 heteroatoms. The Bertz CT molecular complexity index is 657. The number of nitrogens with one attached hydrogen (secondary N) is 2. The van der Waals surface area contributed by atoms with Gasteiger partial charge in [-0.25, -0.2) is 14.2 Å². The van der Waals surface area contributed by atoms with Crippen molar-refractivity contribution >= 4 is 11.7 Å². The van der Waals surface area contributed by atoms with Gasteiger partial charge in [0, 0.05) is 25.4 Å². The molecule has 0 atom stereocenters. The highest BCUT2D eigenvalue weighted by atomic mass is 19.3. The molecule has 2 amide bonds. The highest BCUT2D eigenvalue weighted by Gasteiger charge is 2.12. The quantitative estimate of drug-likeness (QED) is 0.891. The molecule has 0 spiro atoms. The van der Waals surface area contributed by atoms with Crippen molar-refractivity contribution in [3.8, 4) is 0 Å². The van der Waals surface area contributed by atoms with E-state index in [9.17, 15) is 18.0 Å². The number of hydrogen-bond donors (Lipinski definition) is 2. The van der Waals surface area contributed by atoms with Crippen LogP contribution >= 0.6 is 0 Å². The van der Waals surface area contributed by atoms with E-state index in [1.54, 1.807) is 13.0 Å². The molecule has 0 saturated heterocycles. The molecule has 1 aromatic heterocycles. The maximum Gasteiger partial charge on any atom is 0.319 e. The lowest BCUT2D eigenvalue weighted by atomic mass is 10.2. The van der Waals surface area contributed by atoms with Gasteiger partial charge in [-0.1, -0.05) is 6.07 Å². The summed E-state index contributed by atoms with van der Waals surface area (Å²) in [5.41, 5.74) is 0.863. The summed E-state index contributed by atoms with van der Waals surface area (Å²) in [4.78, 5) is 15.5. The van der Waals surface area contributed by atoms with Crippen molar-refractivity contribution in [2.75, 3.05) is 11.9 Å². The van der Waals surface area contributed by atoms with Gasteiger partial charge in [-0.3, -0.25) is 4.57 Å². The van der Waals surface area contributed by atoms with Gasteiger partial charge >= 0.3 is 12.6 Å². The zero-order valence-electron chi connectivity index (χ0n) is 11.8. The third-order valence-corrected chi connectivity index (χ3v) is 2.96. The molecule has 2 aromatic rings. The monoisotopic (exact) mass is 312 g/mol. The third-order valence-electron chi connectivity index (χ3n) is 2.96. The lowest BCUT2D eigenvalue weighted by Gasteiger charge is -2.10. The van der Waals surface area contributed by atoms with E-state index < -0.39 is 18.4 Å². The van der Waals surface area contributed by atoms with Crippen LogP contribution in [0.15, 0.2) is 30.6 Å². The Labute approximate surface area is 125 Å². The minimum absolute atomic E-state index is 0.0616. The van der Waals surface area contributed by atoms with Crippen molar-refractivity contribution in [3.63, 3.8) is 0 Å². The summed E-state index contributed by atoms with van der Waals surface area (Å²) in [6.45, 7) is -0.803. The lowest BCUT2D eigenvalue weighted by Crippen LogP contribution is -2.31. The molecule has 5 nitrogen and oxygen atoms in total. The summed E-state index contributed by atoms with van der Waals surface area (Å²) in [6, 6.07) is 3.73. The fourth-order valence-electron chi connectivity index (χ4n) is 1.90. The van der Waals surface area contributed by atoms with Gasteiger partial charge in [0.05, 0.1) is 5.69 Å². The number of aromatic nitrogens is 2. The van der Waals surface area contributed by atoms with Gasteiger partial charge in [-0.2, -0.15) is 8.78 Å². The highest BCUT2D eigenvalue weighted by Crippen LogP contribution is 2.15. The standard InChI is InChI=1S/C14H15F3N4O/c1-9-2-3-10(15)11(8-9)20-14(22)19-5-4-12-18-6-7-21(12)13(16)17/h2-3,6-8,13H,4-5H2,1H3,(H2,19,20,22). The van der Waals surface area contributed by atoms with Gasteiger partial charge in [0.15, 0.2) is 0 Å². The summed E-state index contributed by atoms with van der Waals surface area (Å²) >= 11 is 0. The van der Waals surface area contributed by atoms with E-state index in [0.717, 1.165) is 10.1 Å². The Morgan fingerprint density at radius 3 is 2.91 bits per heavy atom. The number of imidazole rings is 1. The molecule has 2 rings (SSSR count). The fraction of sp³-hybridized carbons (Fsp3) is 0.286. The van der Waals surface area contributed by atoms with Crippen LogP contribution in [0.1, 0.15) is 17.9 Å². The van der Waals surface area contributed by atoms with E-state index in [-0.39, 0.29) is 24.5 Å².